The summed E-state index contributed by atoms with van der Waals surface area (Å²) in [4.78, 5) is 26.6. The molecule has 0 radical (unpaired) electrons. The van der Waals surface area contributed by atoms with Crippen molar-refractivity contribution in [2.45, 2.75) is 105 Å². The van der Waals surface area contributed by atoms with Gasteiger partial charge < -0.3 is 29.2 Å². The Balaban J connectivity index is 1.32. The van der Waals surface area contributed by atoms with E-state index >= 15 is 0 Å². The van der Waals surface area contributed by atoms with Gasteiger partial charge in [0.05, 0.1) is 11.1 Å². The van der Waals surface area contributed by atoms with Crippen LogP contribution in [0.25, 0.3) is 0 Å². The number of rotatable bonds is 14. The molecule has 0 heterocycles. The molecule has 0 amide bonds. The number of hydrogen-bond acceptors (Lipinski definition) is 8. The van der Waals surface area contributed by atoms with Gasteiger partial charge in [-0.3, -0.25) is 9.59 Å². The molecule has 0 aromatic heterocycles. The summed E-state index contributed by atoms with van der Waals surface area (Å²) in [5, 5.41) is 22.0. The highest BCUT2D eigenvalue weighted by Crippen LogP contribution is 2.43. The summed E-state index contributed by atoms with van der Waals surface area (Å²) in [6.07, 6.45) is 0. The van der Waals surface area contributed by atoms with E-state index in [1.807, 2.05) is 65.8 Å². The van der Waals surface area contributed by atoms with Crippen LogP contribution in [0.2, 0.25) is 0 Å². The third-order valence-electron chi connectivity index (χ3n) is 10.3. The first-order valence-corrected chi connectivity index (χ1v) is 20.6. The lowest BCUT2D eigenvalue weighted by Crippen LogP contribution is -2.21. The van der Waals surface area contributed by atoms with Crippen molar-refractivity contribution in [2.75, 3.05) is 26.4 Å². The Kier molecular flexibility index (Phi) is 13.5. The zero-order valence-electron chi connectivity index (χ0n) is 37.4. The Bertz CT molecular complexity index is 2130. The fourth-order valence-corrected chi connectivity index (χ4v) is 6.98. The van der Waals surface area contributed by atoms with Crippen LogP contribution < -0.4 is 18.9 Å². The van der Waals surface area contributed by atoms with Gasteiger partial charge in [0.15, 0.2) is 11.6 Å². The van der Waals surface area contributed by atoms with Crippen LogP contribution in [0.3, 0.4) is 0 Å². The van der Waals surface area contributed by atoms with Gasteiger partial charge in [0, 0.05) is 45.5 Å². The minimum absolute atomic E-state index is 0.139. The Labute approximate surface area is 356 Å². The fraction of sp³-hybridized carbons (Fsp3) is 0.385. The van der Waals surface area contributed by atoms with Crippen LogP contribution in [-0.4, -0.2) is 48.2 Å². The topological polar surface area (TPSA) is 112 Å². The molecule has 5 aromatic carbocycles. The van der Waals surface area contributed by atoms with Crippen LogP contribution in [0.4, 0.5) is 0 Å². The lowest BCUT2D eigenvalue weighted by molar-refractivity contribution is 0.102. The van der Waals surface area contributed by atoms with E-state index in [1.165, 1.54) is 12.1 Å². The second kappa shape index (κ2) is 17.8. The zero-order chi connectivity index (χ0) is 44.2. The third kappa shape index (κ3) is 10.9. The number of carbonyl (C=O) groups is 2. The molecule has 8 nitrogen and oxygen atoms in total. The number of aromatic hydroxyl groups is 2. The van der Waals surface area contributed by atoms with Gasteiger partial charge in [-0.25, -0.2) is 0 Å². The molecule has 0 spiro atoms. The summed E-state index contributed by atoms with van der Waals surface area (Å²) in [6, 6.07) is 28.5. The van der Waals surface area contributed by atoms with Crippen LogP contribution >= 0.6 is 0 Å². The summed E-state index contributed by atoms with van der Waals surface area (Å²) >= 11 is 0. The van der Waals surface area contributed by atoms with E-state index in [-0.39, 0.29) is 82.3 Å². The maximum absolute atomic E-state index is 13.3. The number of phenols is 2. The molecule has 0 aliphatic carbocycles. The molecule has 60 heavy (non-hydrogen) atoms. The zero-order valence-corrected chi connectivity index (χ0v) is 37.4. The van der Waals surface area contributed by atoms with Crippen molar-refractivity contribution in [1.29, 1.82) is 0 Å². The number of carbonyl (C=O) groups excluding carboxylic acids is 2. The van der Waals surface area contributed by atoms with Crippen molar-refractivity contribution in [1.82, 2.24) is 0 Å². The average Bonchev–Trinajstić information content (AvgIpc) is 3.16. The molecule has 318 valence electrons. The highest BCUT2D eigenvalue weighted by molar-refractivity contribution is 6.11. The largest absolute Gasteiger partial charge is 0.507 e. The van der Waals surface area contributed by atoms with Gasteiger partial charge in [-0.15, -0.1) is 0 Å². The van der Waals surface area contributed by atoms with Crippen molar-refractivity contribution < 1.29 is 38.7 Å². The Morgan fingerprint density at radius 1 is 0.400 bits per heavy atom. The van der Waals surface area contributed by atoms with Gasteiger partial charge in [0.25, 0.3) is 0 Å². The third-order valence-corrected chi connectivity index (χ3v) is 10.3. The van der Waals surface area contributed by atoms with E-state index in [0.717, 1.165) is 33.8 Å². The summed E-state index contributed by atoms with van der Waals surface area (Å²) < 4.78 is 25.5. The lowest BCUT2D eigenvalue weighted by Gasteiger charge is -2.29. The lowest BCUT2D eigenvalue weighted by atomic mass is 9.81. The number of hydrogen-bond donors (Lipinski definition) is 2. The molecular formula is C52H62O8. The molecule has 0 unspecified atom stereocenters. The quantitative estimate of drug-likeness (QED) is 0.0842. The van der Waals surface area contributed by atoms with Gasteiger partial charge in [-0.05, 0) is 45.9 Å². The number of phenolic OH excluding ortho intramolecular Hbond substituents is 2. The van der Waals surface area contributed by atoms with E-state index < -0.39 is 0 Å². The molecular weight excluding hydrogens is 753 g/mol. The predicted molar refractivity (Wildman–Crippen MR) is 239 cm³/mol. The van der Waals surface area contributed by atoms with Crippen LogP contribution in [0.5, 0.6) is 34.5 Å². The number of ketones is 2. The second-order valence-corrected chi connectivity index (χ2v) is 19.4. The summed E-state index contributed by atoms with van der Waals surface area (Å²) in [7, 11) is 0. The van der Waals surface area contributed by atoms with Crippen molar-refractivity contribution in [3.8, 4) is 34.5 Å². The van der Waals surface area contributed by atoms with Gasteiger partial charge in [0.1, 0.15) is 60.9 Å². The standard InChI is InChI=1S/C52H62O8/c1-49(2,3)37-27-35(47(55)33-19-15-13-16-20-33)41(53)31-45(37)59-25-23-57-43-29-40(52(10,11)12)44(30-39(43)51(7,8)9)58-24-26-60-46-32-42(54)36(28-38(46)50(4,5)6)48(56)34-21-17-14-18-22-34/h13-22,27-32,53-54H,23-26H2,1-12H3. The van der Waals surface area contributed by atoms with Gasteiger partial charge >= 0.3 is 0 Å². The first-order chi connectivity index (χ1) is 28.0. The average molecular weight is 815 g/mol. The highest BCUT2D eigenvalue weighted by Gasteiger charge is 2.29. The van der Waals surface area contributed by atoms with Crippen LogP contribution in [0.1, 0.15) is 137 Å². The first kappa shape index (κ1) is 45.3. The van der Waals surface area contributed by atoms with Crippen LogP contribution in [0, 0.1) is 0 Å². The molecule has 5 aromatic rings. The Hall–Kier alpha value is -5.76. The fourth-order valence-electron chi connectivity index (χ4n) is 6.98. The predicted octanol–water partition coefficient (Wildman–Crippen LogP) is 11.7. The molecule has 5 rings (SSSR count). The summed E-state index contributed by atoms with van der Waals surface area (Å²) in [6.45, 7) is 25.9. The highest BCUT2D eigenvalue weighted by atomic mass is 16.5. The monoisotopic (exact) mass is 814 g/mol. The van der Waals surface area contributed by atoms with E-state index in [2.05, 4.69) is 41.5 Å². The van der Waals surface area contributed by atoms with Crippen molar-refractivity contribution in [3.63, 3.8) is 0 Å². The molecule has 0 bridgehead atoms. The first-order valence-electron chi connectivity index (χ1n) is 20.6. The molecule has 0 saturated heterocycles. The molecule has 8 heteroatoms. The van der Waals surface area contributed by atoms with E-state index in [1.54, 1.807) is 60.7 Å². The number of benzene rings is 5. The smallest absolute Gasteiger partial charge is 0.196 e. The summed E-state index contributed by atoms with van der Waals surface area (Å²) in [5.74, 6) is 1.64. The van der Waals surface area contributed by atoms with Crippen molar-refractivity contribution in [2.24, 2.45) is 0 Å². The van der Waals surface area contributed by atoms with E-state index in [9.17, 15) is 19.8 Å². The Morgan fingerprint density at radius 3 is 0.917 bits per heavy atom. The normalized spacial score (nSPS) is 12.2. The maximum Gasteiger partial charge on any atom is 0.196 e. The van der Waals surface area contributed by atoms with Crippen molar-refractivity contribution in [3.05, 3.63) is 142 Å². The molecule has 0 fully saturated rings. The van der Waals surface area contributed by atoms with E-state index in [4.69, 9.17) is 18.9 Å². The SMILES string of the molecule is CC(C)(C)c1cc(OCCOc2cc(O)c(C(=O)c3ccccc3)cc2C(C)(C)C)c(C(C)(C)C)cc1OCCOc1cc(O)c(C(=O)c2ccccc2)cc1C(C)(C)C. The molecule has 0 atom stereocenters. The van der Waals surface area contributed by atoms with Crippen LogP contribution in [-0.2, 0) is 21.7 Å². The maximum atomic E-state index is 13.3. The molecule has 0 aliphatic heterocycles. The molecule has 2 N–H and O–H groups in total. The summed E-state index contributed by atoms with van der Waals surface area (Å²) in [5.41, 5.74) is 3.64. The van der Waals surface area contributed by atoms with Gasteiger partial charge in [-0.1, -0.05) is 144 Å². The second-order valence-electron chi connectivity index (χ2n) is 19.4. The Morgan fingerprint density at radius 2 is 0.650 bits per heavy atom. The van der Waals surface area contributed by atoms with E-state index in [0.29, 0.717) is 22.6 Å². The van der Waals surface area contributed by atoms with Crippen LogP contribution in [0.15, 0.2) is 97.1 Å². The minimum Gasteiger partial charge on any atom is -0.507 e. The van der Waals surface area contributed by atoms with Gasteiger partial charge in [0.2, 0.25) is 0 Å². The molecule has 0 saturated carbocycles. The van der Waals surface area contributed by atoms with Gasteiger partial charge in [-0.2, -0.15) is 0 Å². The number of ether oxygens (including phenoxy) is 4. The van der Waals surface area contributed by atoms with Crippen molar-refractivity contribution >= 4 is 11.6 Å². The molecule has 0 aliphatic rings. The minimum atomic E-state index is -0.373.